The van der Waals surface area contributed by atoms with E-state index < -0.39 is 15.8 Å². The van der Waals surface area contributed by atoms with E-state index in [0.717, 1.165) is 4.09 Å². The predicted octanol–water partition coefficient (Wildman–Crippen LogP) is 1.48. The minimum absolute atomic E-state index is 0.0759. The first-order chi connectivity index (χ1) is 9.39. The van der Waals surface area contributed by atoms with Crippen molar-refractivity contribution in [2.45, 2.75) is 6.92 Å². The summed E-state index contributed by atoms with van der Waals surface area (Å²) in [6.07, 6.45) is 2.67. The molecule has 108 valence electrons. The van der Waals surface area contributed by atoms with E-state index in [1.165, 1.54) is 38.6 Å². The largest absolute Gasteiger partial charge is 0.494 e. The van der Waals surface area contributed by atoms with Gasteiger partial charge in [0.15, 0.2) is 5.82 Å². The second-order valence-electron chi connectivity index (χ2n) is 4.08. The molecule has 0 unspecified atom stereocenters. The normalized spacial score (nSPS) is 11.6. The van der Waals surface area contributed by atoms with Gasteiger partial charge >= 0.3 is 0 Å². The highest BCUT2D eigenvalue weighted by molar-refractivity contribution is 7.89. The summed E-state index contributed by atoms with van der Waals surface area (Å²) in [5.41, 5.74) is 6.32. The molecule has 2 rings (SSSR count). The lowest BCUT2D eigenvalue weighted by atomic mass is 10.1. The number of methoxy groups -OCH3 is 1. The Bertz CT molecular complexity index is 740. The second kappa shape index (κ2) is 5.12. The van der Waals surface area contributed by atoms with Crippen molar-refractivity contribution in [3.63, 3.8) is 0 Å². The molecule has 20 heavy (non-hydrogen) atoms. The fourth-order valence-corrected chi connectivity index (χ4v) is 2.40. The van der Waals surface area contributed by atoms with E-state index in [-0.39, 0.29) is 17.2 Å². The van der Waals surface area contributed by atoms with E-state index in [1.807, 2.05) is 0 Å². The van der Waals surface area contributed by atoms with Crippen LogP contribution in [-0.4, -0.2) is 30.5 Å². The zero-order valence-corrected chi connectivity index (χ0v) is 11.8. The van der Waals surface area contributed by atoms with Gasteiger partial charge in [-0.3, -0.25) is 0 Å². The van der Waals surface area contributed by atoms with Crippen molar-refractivity contribution in [2.75, 3.05) is 18.6 Å². The summed E-state index contributed by atoms with van der Waals surface area (Å²) in [6.45, 7) is 1.52. The topological polar surface area (TPSA) is 87.2 Å². The highest BCUT2D eigenvalue weighted by Gasteiger charge is 2.15. The van der Waals surface area contributed by atoms with Gasteiger partial charge in [-0.2, -0.15) is 9.19 Å². The fraction of sp³-hybridized carbons (Fsp3) is 0.250. The lowest BCUT2D eigenvalue weighted by molar-refractivity contribution is 0.414. The van der Waals surface area contributed by atoms with Gasteiger partial charge in [0.2, 0.25) is 0 Å². The molecule has 2 aromatic rings. The van der Waals surface area contributed by atoms with Crippen LogP contribution in [0.15, 0.2) is 24.5 Å². The molecule has 0 bridgehead atoms. The molecule has 0 atom stereocenters. The molecule has 0 saturated heterocycles. The number of benzene rings is 1. The van der Waals surface area contributed by atoms with Crippen LogP contribution in [0.1, 0.15) is 6.92 Å². The van der Waals surface area contributed by atoms with Crippen molar-refractivity contribution in [3.05, 3.63) is 30.3 Å². The molecular formula is C12H14FN3O3S. The second-order valence-corrected chi connectivity index (χ2v) is 6.19. The molecular weight excluding hydrogens is 285 g/mol. The first-order valence-electron chi connectivity index (χ1n) is 5.80. The monoisotopic (exact) mass is 299 g/mol. The number of nitrogens with zero attached hydrogens (tertiary/aromatic N) is 2. The molecule has 0 aliphatic rings. The highest BCUT2D eigenvalue weighted by atomic mass is 32.2. The Morgan fingerprint density at radius 2 is 2.10 bits per heavy atom. The van der Waals surface area contributed by atoms with Gasteiger partial charge in [-0.25, -0.2) is 12.8 Å². The van der Waals surface area contributed by atoms with Gasteiger partial charge in [0.25, 0.3) is 10.0 Å². The molecule has 0 spiro atoms. The summed E-state index contributed by atoms with van der Waals surface area (Å²) >= 11 is 0. The smallest absolute Gasteiger partial charge is 0.253 e. The van der Waals surface area contributed by atoms with Gasteiger partial charge in [0, 0.05) is 5.56 Å². The summed E-state index contributed by atoms with van der Waals surface area (Å²) in [6, 6.07) is 2.73. The molecule has 0 radical (unpaired) electrons. The van der Waals surface area contributed by atoms with Crippen molar-refractivity contribution < 1.29 is 17.5 Å². The number of ether oxygens (including phenoxy) is 1. The Hall–Kier alpha value is -2.09. The van der Waals surface area contributed by atoms with E-state index >= 15 is 0 Å². The van der Waals surface area contributed by atoms with Crippen LogP contribution in [0, 0.1) is 5.82 Å². The number of halogens is 1. The Balaban J connectivity index is 2.51. The number of hydrogen-bond donors (Lipinski definition) is 1. The van der Waals surface area contributed by atoms with Crippen LogP contribution in [0.3, 0.4) is 0 Å². The summed E-state index contributed by atoms with van der Waals surface area (Å²) in [4.78, 5) is 0. The number of aromatic nitrogens is 2. The third kappa shape index (κ3) is 2.46. The first-order valence-corrected chi connectivity index (χ1v) is 7.41. The lowest BCUT2D eigenvalue weighted by Gasteiger charge is -2.07. The van der Waals surface area contributed by atoms with Crippen molar-refractivity contribution in [1.29, 1.82) is 0 Å². The first kappa shape index (κ1) is 14.3. The number of nitrogen functional groups attached to an aromatic ring is 1. The highest BCUT2D eigenvalue weighted by Crippen LogP contribution is 2.31. The molecule has 6 nitrogen and oxygen atoms in total. The van der Waals surface area contributed by atoms with E-state index in [0.29, 0.717) is 11.1 Å². The summed E-state index contributed by atoms with van der Waals surface area (Å²) in [5.74, 6) is -0.523. The van der Waals surface area contributed by atoms with Crippen LogP contribution >= 0.6 is 0 Å². The van der Waals surface area contributed by atoms with E-state index in [2.05, 4.69) is 5.10 Å². The maximum Gasteiger partial charge on any atom is 0.253 e. The quantitative estimate of drug-likeness (QED) is 0.864. The molecule has 1 aromatic heterocycles. The standard InChI is InChI=1S/C12H14FN3O3S/c1-3-20(17,18)16-7-9(6-15-16)8-4-10(13)12(14)11(5-8)19-2/h4-7H,3,14H2,1-2H3. The fourth-order valence-electron chi connectivity index (χ4n) is 1.67. The van der Waals surface area contributed by atoms with E-state index in [4.69, 9.17) is 10.5 Å². The van der Waals surface area contributed by atoms with Crippen LogP contribution in [0.4, 0.5) is 10.1 Å². The molecule has 1 aromatic carbocycles. The molecule has 0 amide bonds. The molecule has 2 N–H and O–H groups in total. The zero-order valence-electron chi connectivity index (χ0n) is 11.0. The average Bonchev–Trinajstić information content (AvgIpc) is 2.92. The van der Waals surface area contributed by atoms with E-state index in [1.54, 1.807) is 0 Å². The van der Waals surface area contributed by atoms with Crippen molar-refractivity contribution in [2.24, 2.45) is 0 Å². The van der Waals surface area contributed by atoms with Gasteiger partial charge < -0.3 is 10.5 Å². The van der Waals surface area contributed by atoms with Gasteiger partial charge in [0.1, 0.15) is 11.4 Å². The summed E-state index contributed by atoms with van der Waals surface area (Å²) in [7, 11) is -2.09. The Morgan fingerprint density at radius 3 is 2.70 bits per heavy atom. The molecule has 1 heterocycles. The Kier molecular flexibility index (Phi) is 3.67. The average molecular weight is 299 g/mol. The van der Waals surface area contributed by atoms with Crippen LogP contribution in [-0.2, 0) is 10.0 Å². The Labute approximate surface area is 116 Å². The molecule has 0 fully saturated rings. The van der Waals surface area contributed by atoms with Gasteiger partial charge in [-0.15, -0.1) is 0 Å². The van der Waals surface area contributed by atoms with E-state index in [9.17, 15) is 12.8 Å². The third-order valence-corrected chi connectivity index (χ3v) is 4.35. The lowest BCUT2D eigenvalue weighted by Crippen LogP contribution is -2.14. The number of hydrogen-bond acceptors (Lipinski definition) is 5. The van der Waals surface area contributed by atoms with Gasteiger partial charge in [-0.1, -0.05) is 0 Å². The van der Waals surface area contributed by atoms with Crippen LogP contribution in [0.25, 0.3) is 11.1 Å². The van der Waals surface area contributed by atoms with Crippen LogP contribution < -0.4 is 10.5 Å². The predicted molar refractivity (Wildman–Crippen MR) is 73.4 cm³/mol. The van der Waals surface area contributed by atoms with Crippen molar-refractivity contribution in [3.8, 4) is 16.9 Å². The van der Waals surface area contributed by atoms with Gasteiger partial charge in [-0.05, 0) is 24.6 Å². The van der Waals surface area contributed by atoms with Crippen molar-refractivity contribution >= 4 is 15.7 Å². The number of rotatable bonds is 4. The SMILES string of the molecule is CCS(=O)(=O)n1cc(-c2cc(F)c(N)c(OC)c2)cn1. The summed E-state index contributed by atoms with van der Waals surface area (Å²) < 4.78 is 42.8. The maximum absolute atomic E-state index is 13.7. The zero-order chi connectivity index (χ0) is 14.9. The number of nitrogens with two attached hydrogens (primary N) is 1. The maximum atomic E-state index is 13.7. The van der Waals surface area contributed by atoms with Crippen LogP contribution in [0.5, 0.6) is 5.75 Å². The van der Waals surface area contributed by atoms with Crippen molar-refractivity contribution in [1.82, 2.24) is 9.19 Å². The minimum atomic E-state index is -3.46. The molecule has 0 aliphatic carbocycles. The third-order valence-electron chi connectivity index (χ3n) is 2.85. The molecule has 8 heteroatoms. The minimum Gasteiger partial charge on any atom is -0.494 e. The number of anilines is 1. The Morgan fingerprint density at radius 1 is 1.40 bits per heavy atom. The van der Waals surface area contributed by atoms with Gasteiger partial charge in [0.05, 0.1) is 25.3 Å². The molecule has 0 aliphatic heterocycles. The van der Waals surface area contributed by atoms with Crippen LogP contribution in [0.2, 0.25) is 0 Å². The summed E-state index contributed by atoms with van der Waals surface area (Å²) in [5, 5.41) is 3.78. The molecule has 0 saturated carbocycles.